The number of likely N-dealkylation sites (tertiary alicyclic amines) is 1. The van der Waals surface area contributed by atoms with Gasteiger partial charge in [0.2, 0.25) is 0 Å². The minimum Gasteiger partial charge on any atom is -0.396 e. The summed E-state index contributed by atoms with van der Waals surface area (Å²) in [6.45, 7) is 10.5. The van der Waals surface area contributed by atoms with E-state index in [4.69, 9.17) is 4.99 Å². The molecule has 2 aliphatic rings. The highest BCUT2D eigenvalue weighted by Crippen LogP contribution is 2.47. The van der Waals surface area contributed by atoms with Crippen molar-refractivity contribution in [3.05, 3.63) is 0 Å². The molecule has 1 spiro atoms. The van der Waals surface area contributed by atoms with Crippen molar-refractivity contribution in [1.82, 2.24) is 10.2 Å². The molecule has 1 atom stereocenters. The average Bonchev–Trinajstić information content (AvgIpc) is 2.88. The van der Waals surface area contributed by atoms with Crippen LogP contribution in [-0.4, -0.2) is 48.8 Å². The predicted molar refractivity (Wildman–Crippen MR) is 99.4 cm³/mol. The Labute approximate surface area is 146 Å². The van der Waals surface area contributed by atoms with Crippen LogP contribution >= 0.6 is 24.0 Å². The third-order valence-corrected chi connectivity index (χ3v) is 5.33. The second-order valence-corrected chi connectivity index (χ2v) is 7.02. The molecule has 1 aliphatic heterocycles. The smallest absolute Gasteiger partial charge is 0.193 e. The molecule has 2 rings (SSSR count). The first-order chi connectivity index (χ1) is 9.56. The van der Waals surface area contributed by atoms with Gasteiger partial charge in [0.15, 0.2) is 5.96 Å². The molecule has 1 heterocycles. The Morgan fingerprint density at radius 1 is 1.33 bits per heavy atom. The van der Waals surface area contributed by atoms with Crippen LogP contribution < -0.4 is 5.32 Å². The molecule has 0 aromatic rings. The Balaban J connectivity index is 0.00000220. The maximum atomic E-state index is 9.52. The van der Waals surface area contributed by atoms with Crippen LogP contribution in [-0.2, 0) is 0 Å². The van der Waals surface area contributed by atoms with Crippen molar-refractivity contribution in [2.24, 2.45) is 15.8 Å². The molecule has 21 heavy (non-hydrogen) atoms. The van der Waals surface area contributed by atoms with Crippen molar-refractivity contribution in [3.8, 4) is 0 Å². The summed E-state index contributed by atoms with van der Waals surface area (Å²) in [5, 5.41) is 12.9. The molecule has 1 aliphatic carbocycles. The largest absolute Gasteiger partial charge is 0.396 e. The monoisotopic (exact) mass is 409 g/mol. The summed E-state index contributed by atoms with van der Waals surface area (Å²) in [6.07, 6.45) is 6.47. The Bertz CT molecular complexity index is 351. The van der Waals surface area contributed by atoms with Crippen LogP contribution in [0.4, 0.5) is 0 Å². The summed E-state index contributed by atoms with van der Waals surface area (Å²) in [4.78, 5) is 7.23. The Hall–Kier alpha value is -0.0400. The fraction of sp³-hybridized carbons (Fsp3) is 0.938. The van der Waals surface area contributed by atoms with Crippen molar-refractivity contribution in [2.45, 2.75) is 52.9 Å². The summed E-state index contributed by atoms with van der Waals surface area (Å²) < 4.78 is 0. The molecule has 1 saturated carbocycles. The number of nitrogens with zero attached hydrogens (tertiary/aromatic N) is 2. The second-order valence-electron chi connectivity index (χ2n) is 7.02. The van der Waals surface area contributed by atoms with Crippen molar-refractivity contribution in [1.29, 1.82) is 0 Å². The quantitative estimate of drug-likeness (QED) is 0.417. The molecule has 2 fully saturated rings. The van der Waals surface area contributed by atoms with Crippen LogP contribution in [0.25, 0.3) is 0 Å². The molecule has 4 nitrogen and oxygen atoms in total. The highest BCUT2D eigenvalue weighted by molar-refractivity contribution is 14.0. The van der Waals surface area contributed by atoms with E-state index >= 15 is 0 Å². The maximum Gasteiger partial charge on any atom is 0.193 e. The van der Waals surface area contributed by atoms with Gasteiger partial charge in [0.1, 0.15) is 0 Å². The zero-order chi connectivity index (χ0) is 14.6. The van der Waals surface area contributed by atoms with Crippen LogP contribution in [0.2, 0.25) is 0 Å². The van der Waals surface area contributed by atoms with Crippen LogP contribution in [0.1, 0.15) is 52.9 Å². The van der Waals surface area contributed by atoms with Crippen LogP contribution in [0, 0.1) is 10.8 Å². The number of hydrogen-bond acceptors (Lipinski definition) is 2. The van der Waals surface area contributed by atoms with Crippen LogP contribution in [0.3, 0.4) is 0 Å². The maximum absolute atomic E-state index is 9.52. The van der Waals surface area contributed by atoms with E-state index in [0.717, 1.165) is 25.5 Å². The van der Waals surface area contributed by atoms with E-state index < -0.39 is 0 Å². The molecule has 5 heteroatoms. The lowest BCUT2D eigenvalue weighted by molar-refractivity contribution is 0.144. The van der Waals surface area contributed by atoms with Crippen molar-refractivity contribution in [2.75, 3.05) is 32.8 Å². The van der Waals surface area contributed by atoms with E-state index in [1.54, 1.807) is 0 Å². The van der Waals surface area contributed by atoms with Gasteiger partial charge in [-0.1, -0.05) is 20.3 Å². The van der Waals surface area contributed by atoms with Gasteiger partial charge in [-0.05, 0) is 38.0 Å². The SMILES string of the molecule is CCNC(=NCC(C)(CC)CO)N1CCC2(CCC2)C1.I. The van der Waals surface area contributed by atoms with Gasteiger partial charge in [0.25, 0.3) is 0 Å². The van der Waals surface area contributed by atoms with Gasteiger partial charge < -0.3 is 15.3 Å². The number of hydrogen-bond donors (Lipinski definition) is 2. The summed E-state index contributed by atoms with van der Waals surface area (Å²) >= 11 is 0. The van der Waals surface area contributed by atoms with E-state index in [9.17, 15) is 5.11 Å². The predicted octanol–water partition coefficient (Wildman–Crippen LogP) is 2.85. The molecule has 0 amide bonds. The lowest BCUT2D eigenvalue weighted by Crippen LogP contribution is -2.43. The molecule has 0 aromatic heterocycles. The van der Waals surface area contributed by atoms with E-state index in [2.05, 4.69) is 31.0 Å². The van der Waals surface area contributed by atoms with E-state index in [-0.39, 0.29) is 36.0 Å². The Morgan fingerprint density at radius 2 is 2.05 bits per heavy atom. The highest BCUT2D eigenvalue weighted by atomic mass is 127. The second kappa shape index (κ2) is 7.99. The minimum absolute atomic E-state index is 0. The van der Waals surface area contributed by atoms with Gasteiger partial charge in [0.05, 0.1) is 13.2 Å². The van der Waals surface area contributed by atoms with Crippen molar-refractivity contribution < 1.29 is 5.11 Å². The minimum atomic E-state index is -0.0887. The number of aliphatic hydroxyl groups excluding tert-OH is 1. The number of nitrogens with one attached hydrogen (secondary N) is 1. The fourth-order valence-corrected chi connectivity index (χ4v) is 3.17. The zero-order valence-electron chi connectivity index (χ0n) is 13.8. The van der Waals surface area contributed by atoms with Gasteiger partial charge in [-0.2, -0.15) is 0 Å². The van der Waals surface area contributed by atoms with E-state index in [1.165, 1.54) is 32.2 Å². The van der Waals surface area contributed by atoms with Gasteiger partial charge in [-0.15, -0.1) is 24.0 Å². The number of guanidine groups is 1. The lowest BCUT2D eigenvalue weighted by Gasteiger charge is -2.38. The molecule has 1 unspecified atom stereocenters. The third kappa shape index (κ3) is 4.47. The first-order valence-electron chi connectivity index (χ1n) is 8.20. The normalized spacial score (nSPS) is 23.4. The zero-order valence-corrected chi connectivity index (χ0v) is 16.2. The molecular weight excluding hydrogens is 377 g/mol. The summed E-state index contributed by atoms with van der Waals surface area (Å²) in [6, 6.07) is 0. The van der Waals surface area contributed by atoms with Gasteiger partial charge in [-0.25, -0.2) is 0 Å². The van der Waals surface area contributed by atoms with Gasteiger partial charge >= 0.3 is 0 Å². The van der Waals surface area contributed by atoms with Gasteiger partial charge in [-0.3, -0.25) is 4.99 Å². The van der Waals surface area contributed by atoms with E-state index in [1.807, 2.05) is 0 Å². The molecular formula is C16H32IN3O. The molecule has 124 valence electrons. The van der Waals surface area contributed by atoms with E-state index in [0.29, 0.717) is 12.0 Å². The lowest BCUT2D eigenvalue weighted by atomic mass is 9.68. The highest BCUT2D eigenvalue weighted by Gasteiger charge is 2.43. The van der Waals surface area contributed by atoms with Gasteiger partial charge in [0, 0.05) is 25.0 Å². The summed E-state index contributed by atoms with van der Waals surface area (Å²) in [7, 11) is 0. The Morgan fingerprint density at radius 3 is 2.48 bits per heavy atom. The number of aliphatic imine (C=N–C) groups is 1. The first-order valence-corrected chi connectivity index (χ1v) is 8.20. The van der Waals surface area contributed by atoms with Crippen LogP contribution in [0.5, 0.6) is 0 Å². The summed E-state index contributed by atoms with van der Waals surface area (Å²) in [5.74, 6) is 1.05. The molecule has 0 radical (unpaired) electrons. The molecule has 1 saturated heterocycles. The average molecular weight is 409 g/mol. The number of rotatable bonds is 5. The molecule has 0 bridgehead atoms. The number of aliphatic hydroxyl groups is 1. The molecule has 2 N–H and O–H groups in total. The van der Waals surface area contributed by atoms with Crippen molar-refractivity contribution >= 4 is 29.9 Å². The Kier molecular flexibility index (Phi) is 7.24. The fourth-order valence-electron chi connectivity index (χ4n) is 3.17. The summed E-state index contributed by atoms with van der Waals surface area (Å²) in [5.41, 5.74) is 0.510. The third-order valence-electron chi connectivity index (χ3n) is 5.33. The topological polar surface area (TPSA) is 47.9 Å². The number of halogens is 1. The first kappa shape index (κ1) is 19.0. The molecule has 0 aromatic carbocycles. The van der Waals surface area contributed by atoms with Crippen molar-refractivity contribution in [3.63, 3.8) is 0 Å². The standard InChI is InChI=1S/C16H31N3O.HI/c1-4-15(3,13-20)11-18-14(17-5-2)19-10-9-16(12-19)7-6-8-16;/h20H,4-13H2,1-3H3,(H,17,18);1H. The van der Waals surface area contributed by atoms with Crippen LogP contribution in [0.15, 0.2) is 4.99 Å².